The lowest BCUT2D eigenvalue weighted by Crippen LogP contribution is -1.99. The minimum absolute atomic E-state index is 0.725. The minimum Gasteiger partial charge on any atom is -0.318 e. The molecule has 122 valence electrons. The first-order chi connectivity index (χ1) is 11.6. The molecular weight excluding hydrogens is 316 g/mol. The second kappa shape index (κ2) is 7.06. The van der Waals surface area contributed by atoms with Gasteiger partial charge < -0.3 is 4.57 Å². The van der Waals surface area contributed by atoms with E-state index >= 15 is 0 Å². The normalized spacial score (nSPS) is 11.3. The number of hydrogen-bond acceptors (Lipinski definition) is 1. The third kappa shape index (κ3) is 3.44. The highest BCUT2D eigenvalue weighted by Gasteiger charge is 2.09. The predicted octanol–water partition coefficient (Wildman–Crippen LogP) is 6.06. The molecule has 0 aliphatic heterocycles. The molecule has 0 saturated carbocycles. The van der Waals surface area contributed by atoms with Crippen molar-refractivity contribution < 1.29 is 0 Å². The van der Waals surface area contributed by atoms with Crippen LogP contribution in [-0.2, 0) is 6.42 Å². The molecule has 1 heterocycles. The summed E-state index contributed by atoms with van der Waals surface area (Å²) in [4.78, 5) is 4.56. The Morgan fingerprint density at radius 2 is 1.67 bits per heavy atom. The van der Waals surface area contributed by atoms with Crippen molar-refractivity contribution in [2.24, 2.45) is 4.99 Å². The monoisotopic (exact) mass is 336 g/mol. The maximum atomic E-state index is 5.91. The Bertz CT molecular complexity index is 856. The van der Waals surface area contributed by atoms with Gasteiger partial charge in [-0.2, -0.15) is 0 Å². The second-order valence-corrected chi connectivity index (χ2v) is 6.35. The third-order valence-corrected chi connectivity index (χ3v) is 4.50. The molecule has 0 amide bonds. The van der Waals surface area contributed by atoms with Crippen molar-refractivity contribution in [1.29, 1.82) is 0 Å². The van der Waals surface area contributed by atoms with E-state index < -0.39 is 0 Å². The molecule has 1 aromatic heterocycles. The molecular formula is C21H21ClN2. The van der Waals surface area contributed by atoms with Crippen molar-refractivity contribution in [1.82, 2.24) is 4.57 Å². The predicted molar refractivity (Wildman–Crippen MR) is 103 cm³/mol. The van der Waals surface area contributed by atoms with E-state index in [9.17, 15) is 0 Å². The number of hydrogen-bond donors (Lipinski definition) is 0. The molecule has 0 atom stereocenters. The number of aliphatic imine (C=N–C) groups is 1. The van der Waals surface area contributed by atoms with Crippen LogP contribution in [-0.4, -0.2) is 10.8 Å². The molecule has 3 rings (SSSR count). The maximum Gasteiger partial charge on any atom is 0.0630 e. The van der Waals surface area contributed by atoms with E-state index in [-0.39, 0.29) is 0 Å². The van der Waals surface area contributed by atoms with Gasteiger partial charge in [-0.3, -0.25) is 4.99 Å². The van der Waals surface area contributed by atoms with Crippen LogP contribution >= 0.6 is 11.6 Å². The van der Waals surface area contributed by atoms with Gasteiger partial charge in [0.05, 0.1) is 5.69 Å². The minimum atomic E-state index is 0.725. The van der Waals surface area contributed by atoms with Gasteiger partial charge in [0.25, 0.3) is 0 Å². The Balaban J connectivity index is 1.92. The van der Waals surface area contributed by atoms with Crippen molar-refractivity contribution in [3.05, 3.63) is 82.1 Å². The Morgan fingerprint density at radius 3 is 2.29 bits per heavy atom. The highest BCUT2D eigenvalue weighted by molar-refractivity contribution is 6.30. The first kappa shape index (κ1) is 16.5. The Kier molecular flexibility index (Phi) is 4.86. The smallest absolute Gasteiger partial charge is 0.0630 e. The van der Waals surface area contributed by atoms with Gasteiger partial charge in [0.2, 0.25) is 0 Å². The zero-order valence-electron chi connectivity index (χ0n) is 14.3. The average molecular weight is 337 g/mol. The van der Waals surface area contributed by atoms with Crippen LogP contribution < -0.4 is 0 Å². The third-order valence-electron chi connectivity index (χ3n) is 4.25. The molecule has 0 aliphatic carbocycles. The number of halogens is 1. The molecule has 0 saturated heterocycles. The topological polar surface area (TPSA) is 17.3 Å². The summed E-state index contributed by atoms with van der Waals surface area (Å²) < 4.78 is 2.27. The van der Waals surface area contributed by atoms with Crippen molar-refractivity contribution in [2.75, 3.05) is 0 Å². The average Bonchev–Trinajstić information content (AvgIpc) is 2.88. The fraction of sp³-hybridized carbons (Fsp3) is 0.190. The number of nitrogens with zero attached hydrogens (tertiary/aromatic N) is 2. The molecule has 0 N–H and O–H groups in total. The molecule has 0 aliphatic rings. The lowest BCUT2D eigenvalue weighted by Gasteiger charge is -2.10. The standard InChI is InChI=1S/C21H21ClN2/c1-4-17-5-11-21(12-6-17)24-15(2)13-18(16(24)3)14-23-20-9-7-19(22)8-10-20/h5-14H,4H2,1-3H3. The SMILES string of the molecule is CCc1ccc(-n2c(C)cc(C=Nc3ccc(Cl)cc3)c2C)cc1. The summed E-state index contributed by atoms with van der Waals surface area (Å²) in [6.07, 6.45) is 2.98. The zero-order chi connectivity index (χ0) is 17.1. The number of rotatable bonds is 4. The van der Waals surface area contributed by atoms with Gasteiger partial charge in [0.15, 0.2) is 0 Å². The largest absolute Gasteiger partial charge is 0.318 e. The summed E-state index contributed by atoms with van der Waals surface area (Å²) in [5.74, 6) is 0. The maximum absolute atomic E-state index is 5.91. The quantitative estimate of drug-likeness (QED) is 0.515. The Hall–Kier alpha value is -2.32. The van der Waals surface area contributed by atoms with Crippen molar-refractivity contribution in [3.8, 4) is 5.69 Å². The number of aryl methyl sites for hydroxylation is 2. The van der Waals surface area contributed by atoms with E-state index in [1.807, 2.05) is 30.5 Å². The highest BCUT2D eigenvalue weighted by atomic mass is 35.5. The molecule has 0 radical (unpaired) electrons. The summed E-state index contributed by atoms with van der Waals surface area (Å²) in [6.45, 7) is 6.43. The second-order valence-electron chi connectivity index (χ2n) is 5.92. The lowest BCUT2D eigenvalue weighted by atomic mass is 10.1. The fourth-order valence-corrected chi connectivity index (χ4v) is 2.99. The van der Waals surface area contributed by atoms with Crippen LogP contribution in [0.4, 0.5) is 5.69 Å². The first-order valence-corrected chi connectivity index (χ1v) is 8.54. The first-order valence-electron chi connectivity index (χ1n) is 8.16. The summed E-state index contributed by atoms with van der Waals surface area (Å²) in [5.41, 5.74) is 6.96. The van der Waals surface area contributed by atoms with E-state index in [1.54, 1.807) is 0 Å². The van der Waals surface area contributed by atoms with Crippen LogP contribution in [0.1, 0.15) is 29.4 Å². The summed E-state index contributed by atoms with van der Waals surface area (Å²) >= 11 is 5.91. The Morgan fingerprint density at radius 1 is 1.00 bits per heavy atom. The van der Waals surface area contributed by atoms with E-state index in [2.05, 4.69) is 60.7 Å². The van der Waals surface area contributed by atoms with Crippen molar-refractivity contribution in [2.45, 2.75) is 27.2 Å². The number of aromatic nitrogens is 1. The fourth-order valence-electron chi connectivity index (χ4n) is 2.87. The van der Waals surface area contributed by atoms with Gasteiger partial charge in [-0.15, -0.1) is 0 Å². The van der Waals surface area contributed by atoms with E-state index in [0.29, 0.717) is 0 Å². The van der Waals surface area contributed by atoms with Gasteiger partial charge in [-0.05, 0) is 68.3 Å². The van der Waals surface area contributed by atoms with Crippen molar-refractivity contribution >= 4 is 23.5 Å². The van der Waals surface area contributed by atoms with Crippen LogP contribution in [0, 0.1) is 13.8 Å². The molecule has 2 nitrogen and oxygen atoms in total. The molecule has 0 fully saturated rings. The van der Waals surface area contributed by atoms with Gasteiger partial charge in [-0.25, -0.2) is 0 Å². The highest BCUT2D eigenvalue weighted by Crippen LogP contribution is 2.22. The van der Waals surface area contributed by atoms with E-state index in [0.717, 1.165) is 22.7 Å². The van der Waals surface area contributed by atoms with Gasteiger partial charge in [0, 0.05) is 33.9 Å². The van der Waals surface area contributed by atoms with Crippen LogP contribution in [0.25, 0.3) is 5.69 Å². The molecule has 0 bridgehead atoms. The van der Waals surface area contributed by atoms with E-state index in [4.69, 9.17) is 11.6 Å². The van der Waals surface area contributed by atoms with Gasteiger partial charge >= 0.3 is 0 Å². The molecule has 3 aromatic rings. The molecule has 0 spiro atoms. The van der Waals surface area contributed by atoms with Crippen LogP contribution in [0.2, 0.25) is 5.02 Å². The van der Waals surface area contributed by atoms with Gasteiger partial charge in [0.1, 0.15) is 0 Å². The zero-order valence-corrected chi connectivity index (χ0v) is 15.0. The summed E-state index contributed by atoms with van der Waals surface area (Å²) in [7, 11) is 0. The lowest BCUT2D eigenvalue weighted by molar-refractivity contribution is 0.962. The van der Waals surface area contributed by atoms with Crippen LogP contribution in [0.5, 0.6) is 0 Å². The van der Waals surface area contributed by atoms with Crippen LogP contribution in [0.15, 0.2) is 59.6 Å². The molecule has 24 heavy (non-hydrogen) atoms. The Labute approximate surface area is 148 Å². The summed E-state index contributed by atoms with van der Waals surface area (Å²) in [5, 5.41) is 0.725. The molecule has 2 aromatic carbocycles. The van der Waals surface area contributed by atoms with Crippen LogP contribution in [0.3, 0.4) is 0 Å². The molecule has 3 heteroatoms. The number of benzene rings is 2. The summed E-state index contributed by atoms with van der Waals surface area (Å²) in [6, 6.07) is 18.5. The van der Waals surface area contributed by atoms with E-state index in [1.165, 1.54) is 22.6 Å². The van der Waals surface area contributed by atoms with Gasteiger partial charge in [-0.1, -0.05) is 30.7 Å². The molecule has 0 unspecified atom stereocenters. The van der Waals surface area contributed by atoms with Crippen molar-refractivity contribution in [3.63, 3.8) is 0 Å².